The normalized spacial score (nSPS) is 12.7. The van der Waals surface area contributed by atoms with E-state index in [0.29, 0.717) is 5.75 Å². The van der Waals surface area contributed by atoms with Crippen molar-refractivity contribution in [1.82, 2.24) is 10.6 Å². The van der Waals surface area contributed by atoms with Crippen LogP contribution < -0.4 is 15.4 Å². The smallest absolute Gasteiger partial charge is 0.305 e. The van der Waals surface area contributed by atoms with Crippen molar-refractivity contribution >= 4 is 42.1 Å². The summed E-state index contributed by atoms with van der Waals surface area (Å²) in [5.74, 6) is -1.77. The van der Waals surface area contributed by atoms with Gasteiger partial charge in [0.15, 0.2) is 7.85 Å². The minimum absolute atomic E-state index is 0.0327. The van der Waals surface area contributed by atoms with Crippen molar-refractivity contribution in [2.75, 3.05) is 6.61 Å². The van der Waals surface area contributed by atoms with E-state index in [1.165, 1.54) is 7.85 Å². The lowest BCUT2D eigenvalue weighted by molar-refractivity contribution is -0.139. The van der Waals surface area contributed by atoms with Crippen LogP contribution in [-0.4, -0.2) is 55.1 Å². The van der Waals surface area contributed by atoms with Gasteiger partial charge in [-0.2, -0.15) is 0 Å². The standard InChI is InChI=1S/C22H27BN2O6/c1-13(2)20(22(30)24-16(21(23)29)12-19(27)28)25-18(26)10-11-31-17-9-5-7-14-6-3-4-8-15(14)17/h3-9,13,16,20H,10-12,23H2,1-2H3,(H,24,30)(H,25,26)(H,27,28)/t16-,20-/m0/s1. The fourth-order valence-corrected chi connectivity index (χ4v) is 3.09. The van der Waals surface area contributed by atoms with Crippen LogP contribution in [0.2, 0.25) is 0 Å². The molecule has 0 saturated carbocycles. The quantitative estimate of drug-likeness (QED) is 0.459. The number of carbonyl (C=O) groups excluding carboxylic acids is 3. The number of hydrogen-bond acceptors (Lipinski definition) is 5. The summed E-state index contributed by atoms with van der Waals surface area (Å²) < 4.78 is 5.76. The lowest BCUT2D eigenvalue weighted by Gasteiger charge is -2.24. The third-order valence-electron chi connectivity index (χ3n) is 4.79. The molecule has 2 rings (SSSR count). The number of carboxylic acid groups (broad SMARTS) is 1. The minimum atomic E-state index is -1.20. The molecule has 0 saturated heterocycles. The number of nitrogens with one attached hydrogen (secondary N) is 2. The lowest BCUT2D eigenvalue weighted by Crippen LogP contribution is -2.54. The number of carboxylic acids is 1. The Balaban J connectivity index is 1.93. The second kappa shape index (κ2) is 11.1. The monoisotopic (exact) mass is 426 g/mol. The molecule has 0 bridgehead atoms. The molecule has 164 valence electrons. The molecule has 0 radical (unpaired) electrons. The third kappa shape index (κ3) is 7.13. The van der Waals surface area contributed by atoms with Gasteiger partial charge in [-0.3, -0.25) is 14.4 Å². The van der Waals surface area contributed by atoms with Gasteiger partial charge in [-0.05, 0) is 17.4 Å². The third-order valence-corrected chi connectivity index (χ3v) is 4.79. The van der Waals surface area contributed by atoms with E-state index in [2.05, 4.69) is 10.6 Å². The Hall–Kier alpha value is -3.36. The molecule has 2 aromatic carbocycles. The fraction of sp³-hybridized carbons (Fsp3) is 0.364. The molecule has 0 aliphatic carbocycles. The number of hydrogen-bond donors (Lipinski definition) is 3. The van der Waals surface area contributed by atoms with Crippen molar-refractivity contribution in [3.05, 3.63) is 42.5 Å². The van der Waals surface area contributed by atoms with Crippen LogP contribution in [0.15, 0.2) is 42.5 Å². The molecule has 31 heavy (non-hydrogen) atoms. The van der Waals surface area contributed by atoms with Gasteiger partial charge in [-0.1, -0.05) is 50.2 Å². The summed E-state index contributed by atoms with van der Waals surface area (Å²) in [5.41, 5.74) is -0.465. The van der Waals surface area contributed by atoms with Crippen LogP contribution in [-0.2, 0) is 19.2 Å². The minimum Gasteiger partial charge on any atom is -0.492 e. The van der Waals surface area contributed by atoms with Crippen LogP contribution in [0, 0.1) is 5.92 Å². The summed E-state index contributed by atoms with van der Waals surface area (Å²) in [6.07, 6.45) is -0.482. The Morgan fingerprint density at radius 2 is 1.71 bits per heavy atom. The molecule has 8 nitrogen and oxygen atoms in total. The second-order valence-electron chi connectivity index (χ2n) is 7.63. The molecule has 3 N–H and O–H groups in total. The summed E-state index contributed by atoms with van der Waals surface area (Å²) in [5, 5.41) is 16.0. The molecule has 0 spiro atoms. The topological polar surface area (TPSA) is 122 Å². The highest BCUT2D eigenvalue weighted by atomic mass is 16.5. The van der Waals surface area contributed by atoms with E-state index in [0.717, 1.165) is 10.8 Å². The SMILES string of the molecule is BC(=O)[C@H](CC(=O)O)NC(=O)[C@@H](NC(=O)CCOc1cccc2ccccc12)C(C)C. The fourth-order valence-electron chi connectivity index (χ4n) is 3.09. The highest BCUT2D eigenvalue weighted by molar-refractivity contribution is 6.59. The number of benzene rings is 2. The van der Waals surface area contributed by atoms with Gasteiger partial charge >= 0.3 is 5.97 Å². The van der Waals surface area contributed by atoms with Gasteiger partial charge < -0.3 is 25.3 Å². The summed E-state index contributed by atoms with van der Waals surface area (Å²) in [6, 6.07) is 11.4. The molecule has 0 aliphatic heterocycles. The van der Waals surface area contributed by atoms with Crippen molar-refractivity contribution in [2.24, 2.45) is 5.92 Å². The number of carbonyl (C=O) groups is 4. The molecule has 2 aromatic rings. The van der Waals surface area contributed by atoms with E-state index in [4.69, 9.17) is 9.84 Å². The first-order valence-corrected chi connectivity index (χ1v) is 10.1. The van der Waals surface area contributed by atoms with Gasteiger partial charge in [0.1, 0.15) is 17.5 Å². The van der Waals surface area contributed by atoms with Gasteiger partial charge in [0, 0.05) is 5.39 Å². The first-order valence-electron chi connectivity index (χ1n) is 10.1. The Bertz CT molecular complexity index is 957. The molecule has 0 fully saturated rings. The van der Waals surface area contributed by atoms with E-state index >= 15 is 0 Å². The second-order valence-corrected chi connectivity index (χ2v) is 7.63. The molecule has 9 heteroatoms. The predicted octanol–water partition coefficient (Wildman–Crippen LogP) is 0.869. The maximum absolute atomic E-state index is 12.6. The maximum atomic E-state index is 12.6. The number of aliphatic carboxylic acids is 1. The first-order chi connectivity index (χ1) is 14.7. The molecule has 2 atom stereocenters. The van der Waals surface area contributed by atoms with Crippen LogP contribution in [0.1, 0.15) is 26.7 Å². The number of fused-ring (bicyclic) bond motifs is 1. The molecule has 0 heterocycles. The van der Waals surface area contributed by atoms with Crippen molar-refractivity contribution in [3.8, 4) is 5.75 Å². The number of rotatable bonds is 11. The predicted molar refractivity (Wildman–Crippen MR) is 119 cm³/mol. The lowest BCUT2D eigenvalue weighted by atomic mass is 9.92. The molecule has 0 aromatic heterocycles. The molecule has 2 amide bonds. The zero-order valence-electron chi connectivity index (χ0n) is 17.9. The Morgan fingerprint density at radius 3 is 2.35 bits per heavy atom. The molecular formula is C22H27BN2O6. The van der Waals surface area contributed by atoms with Crippen molar-refractivity contribution < 1.29 is 29.0 Å². The highest BCUT2D eigenvalue weighted by Crippen LogP contribution is 2.25. The van der Waals surface area contributed by atoms with E-state index in [1.54, 1.807) is 13.8 Å². The van der Waals surface area contributed by atoms with Crippen LogP contribution >= 0.6 is 0 Å². The Kier molecular flexibility index (Phi) is 8.60. The average molecular weight is 426 g/mol. The highest BCUT2D eigenvalue weighted by Gasteiger charge is 2.28. The Labute approximate surface area is 181 Å². The molecular weight excluding hydrogens is 399 g/mol. The van der Waals surface area contributed by atoms with E-state index in [9.17, 15) is 19.2 Å². The zero-order valence-corrected chi connectivity index (χ0v) is 17.9. The van der Waals surface area contributed by atoms with Crippen LogP contribution in [0.3, 0.4) is 0 Å². The average Bonchev–Trinajstić information content (AvgIpc) is 2.71. The maximum Gasteiger partial charge on any atom is 0.305 e. The zero-order chi connectivity index (χ0) is 23.0. The number of amides is 2. The first kappa shape index (κ1) is 23.9. The van der Waals surface area contributed by atoms with Gasteiger partial charge in [0.2, 0.25) is 11.8 Å². The number of ether oxygens (including phenoxy) is 1. The molecule has 0 aliphatic rings. The summed E-state index contributed by atoms with van der Waals surface area (Å²) >= 11 is 0. The van der Waals surface area contributed by atoms with Crippen molar-refractivity contribution in [3.63, 3.8) is 0 Å². The molecule has 0 unspecified atom stereocenters. The van der Waals surface area contributed by atoms with Crippen LogP contribution in [0.4, 0.5) is 0 Å². The van der Waals surface area contributed by atoms with E-state index in [1.807, 2.05) is 42.5 Å². The summed E-state index contributed by atoms with van der Waals surface area (Å²) in [7, 11) is 1.21. The largest absolute Gasteiger partial charge is 0.492 e. The van der Waals surface area contributed by atoms with Gasteiger partial charge in [-0.25, -0.2) is 0 Å². The van der Waals surface area contributed by atoms with E-state index < -0.39 is 36.1 Å². The summed E-state index contributed by atoms with van der Waals surface area (Å²) in [4.78, 5) is 47.5. The van der Waals surface area contributed by atoms with Crippen molar-refractivity contribution in [1.29, 1.82) is 0 Å². The van der Waals surface area contributed by atoms with Crippen LogP contribution in [0.25, 0.3) is 10.8 Å². The van der Waals surface area contributed by atoms with Gasteiger partial charge in [0.25, 0.3) is 0 Å². The van der Waals surface area contributed by atoms with Crippen LogP contribution in [0.5, 0.6) is 5.75 Å². The van der Waals surface area contributed by atoms with Crippen molar-refractivity contribution in [2.45, 2.75) is 38.8 Å². The van der Waals surface area contributed by atoms with Gasteiger partial charge in [-0.15, -0.1) is 0 Å². The van der Waals surface area contributed by atoms with Gasteiger partial charge in [0.05, 0.1) is 25.5 Å². The van der Waals surface area contributed by atoms with E-state index in [-0.39, 0.29) is 24.9 Å². The summed E-state index contributed by atoms with van der Waals surface area (Å²) in [6.45, 7) is 3.62. The Morgan fingerprint density at radius 1 is 1.03 bits per heavy atom.